The van der Waals surface area contributed by atoms with Crippen molar-refractivity contribution in [3.05, 3.63) is 70.3 Å². The summed E-state index contributed by atoms with van der Waals surface area (Å²) in [5.41, 5.74) is 4.14. The zero-order chi connectivity index (χ0) is 40.1. The number of hydrogen-bond donors (Lipinski definition) is 5. The van der Waals surface area contributed by atoms with Crippen molar-refractivity contribution < 1.29 is 43.9 Å². The van der Waals surface area contributed by atoms with Gasteiger partial charge in [0.1, 0.15) is 12.2 Å². The summed E-state index contributed by atoms with van der Waals surface area (Å²) in [4.78, 5) is 40.4. The van der Waals surface area contributed by atoms with Gasteiger partial charge in [-0.25, -0.2) is 14.0 Å². The van der Waals surface area contributed by atoms with Crippen molar-refractivity contribution in [1.82, 2.24) is 14.5 Å². The maximum absolute atomic E-state index is 14.1. The third-order valence-corrected chi connectivity index (χ3v) is 12.5. The fourth-order valence-electron chi connectivity index (χ4n) is 9.60. The van der Waals surface area contributed by atoms with E-state index >= 15 is 0 Å². The van der Waals surface area contributed by atoms with E-state index in [-0.39, 0.29) is 12.7 Å². The van der Waals surface area contributed by atoms with Crippen molar-refractivity contribution in [2.45, 2.75) is 129 Å². The summed E-state index contributed by atoms with van der Waals surface area (Å²) in [6, 6.07) is 4.31. The third-order valence-electron chi connectivity index (χ3n) is 12.5. The summed E-state index contributed by atoms with van der Waals surface area (Å²) in [6.07, 6.45) is 14.8. The Kier molecular flexibility index (Phi) is 13.7. The minimum absolute atomic E-state index is 0.106. The Morgan fingerprint density at radius 2 is 1.80 bits per heavy atom. The monoisotopic (exact) mass is 768 g/mol. The molecule has 3 heterocycles. The maximum Gasteiger partial charge on any atom is 0.412 e. The van der Waals surface area contributed by atoms with E-state index in [0.29, 0.717) is 17.3 Å². The lowest BCUT2D eigenvalue weighted by Gasteiger charge is -2.57. The third kappa shape index (κ3) is 9.19. The van der Waals surface area contributed by atoms with Gasteiger partial charge in [-0.05, 0) is 104 Å². The van der Waals surface area contributed by atoms with E-state index in [1.165, 1.54) is 44.6 Å². The molecular formula is C41H57FN4O9. The number of nitrogens with zero attached hydrogens (tertiary/aromatic N) is 3. The average Bonchev–Trinajstić information content (AvgIpc) is 3.63. The topological polar surface area (TPSA) is 193 Å². The fraction of sp³-hybridized carbons (Fsp3) is 0.634. The lowest BCUT2D eigenvalue weighted by molar-refractivity contribution is -0.134. The van der Waals surface area contributed by atoms with Crippen LogP contribution in [0.25, 0.3) is 5.57 Å². The number of pyridine rings is 1. The van der Waals surface area contributed by atoms with Crippen molar-refractivity contribution in [2.24, 2.45) is 28.6 Å². The van der Waals surface area contributed by atoms with Crippen LogP contribution in [0.1, 0.15) is 111 Å². The van der Waals surface area contributed by atoms with Crippen LogP contribution in [0.2, 0.25) is 0 Å². The van der Waals surface area contributed by atoms with Crippen LogP contribution >= 0.6 is 0 Å². The number of aliphatic carboxylic acids is 1. The molecule has 1 amide bonds. The lowest BCUT2D eigenvalue weighted by atomic mass is 9.47. The summed E-state index contributed by atoms with van der Waals surface area (Å²) in [7, 11) is 0. The molecule has 13 nitrogen and oxygen atoms in total. The maximum atomic E-state index is 14.1. The number of rotatable bonds is 7. The van der Waals surface area contributed by atoms with Crippen LogP contribution in [0.3, 0.4) is 0 Å². The minimum Gasteiger partial charge on any atom is -0.481 e. The molecule has 2 aromatic rings. The van der Waals surface area contributed by atoms with Crippen LogP contribution < -0.4 is 11.0 Å². The van der Waals surface area contributed by atoms with Crippen molar-refractivity contribution in [3.8, 4) is 0 Å². The van der Waals surface area contributed by atoms with E-state index in [4.69, 9.17) is 19.4 Å². The highest BCUT2D eigenvalue weighted by atomic mass is 19.1. The molecule has 5 aliphatic rings. The molecule has 2 aromatic heterocycles. The van der Waals surface area contributed by atoms with Crippen molar-refractivity contribution in [1.29, 1.82) is 0 Å². The molecule has 1 aliphatic heterocycles. The first-order valence-electron chi connectivity index (χ1n) is 19.5. The Hall–Kier alpha value is -3.98. The van der Waals surface area contributed by atoms with Gasteiger partial charge in [0, 0.05) is 19.3 Å². The van der Waals surface area contributed by atoms with Gasteiger partial charge in [-0.2, -0.15) is 4.98 Å². The summed E-state index contributed by atoms with van der Waals surface area (Å²) in [5, 5.41) is 39.2. The van der Waals surface area contributed by atoms with E-state index in [1.54, 1.807) is 11.1 Å². The van der Waals surface area contributed by atoms with Gasteiger partial charge in [-0.15, -0.1) is 0 Å². The van der Waals surface area contributed by atoms with E-state index < -0.39 is 53.9 Å². The molecule has 0 spiro atoms. The first-order valence-corrected chi connectivity index (χ1v) is 19.5. The molecule has 2 saturated carbocycles. The van der Waals surface area contributed by atoms with Crippen LogP contribution in [-0.2, 0) is 14.3 Å². The number of nitrogens with one attached hydrogen (secondary N) is 1. The van der Waals surface area contributed by atoms with Gasteiger partial charge in [0.2, 0.25) is 0 Å². The van der Waals surface area contributed by atoms with Crippen LogP contribution in [-0.4, -0.2) is 78.0 Å². The molecule has 0 aromatic carbocycles. The average molecular weight is 769 g/mol. The Balaban J connectivity index is 0.000000193. The molecule has 1 saturated heterocycles. The summed E-state index contributed by atoms with van der Waals surface area (Å²) >= 11 is 0. The smallest absolute Gasteiger partial charge is 0.412 e. The minimum atomic E-state index is -1.41. The highest BCUT2D eigenvalue weighted by molar-refractivity contribution is 5.83. The Bertz CT molecular complexity index is 1780. The molecule has 4 aliphatic carbocycles. The highest BCUT2D eigenvalue weighted by Crippen LogP contribution is 2.66. The first-order chi connectivity index (χ1) is 26.1. The Labute approximate surface area is 321 Å². The molecule has 10 atom stereocenters. The molecule has 0 radical (unpaired) electrons. The number of carboxylic acids is 1. The zero-order valence-corrected chi connectivity index (χ0v) is 32.5. The molecule has 0 unspecified atom stereocenters. The number of unbranched alkanes of at least 4 members (excludes halogenated alkanes) is 2. The van der Waals surface area contributed by atoms with Gasteiger partial charge >= 0.3 is 11.8 Å². The molecule has 7 rings (SSSR count). The second-order valence-corrected chi connectivity index (χ2v) is 16.0. The van der Waals surface area contributed by atoms with Crippen molar-refractivity contribution >= 4 is 23.5 Å². The fourth-order valence-corrected chi connectivity index (χ4v) is 9.60. The van der Waals surface area contributed by atoms with Crippen LogP contribution in [0.4, 0.5) is 15.0 Å². The van der Waals surface area contributed by atoms with E-state index in [2.05, 4.69) is 53.4 Å². The van der Waals surface area contributed by atoms with Crippen molar-refractivity contribution in [3.63, 3.8) is 0 Å². The van der Waals surface area contributed by atoms with Gasteiger partial charge in [0.15, 0.2) is 17.9 Å². The number of fused-ring (bicyclic) bond motifs is 5. The number of halogens is 1. The van der Waals surface area contributed by atoms with Gasteiger partial charge in [-0.3, -0.25) is 19.7 Å². The molecule has 0 bridgehead atoms. The number of anilines is 1. The quantitative estimate of drug-likeness (QED) is 0.158. The highest BCUT2D eigenvalue weighted by Gasteiger charge is 2.56. The molecule has 5 N–H and O–H groups in total. The predicted octanol–water partition coefficient (Wildman–Crippen LogP) is 6.25. The predicted molar refractivity (Wildman–Crippen MR) is 203 cm³/mol. The summed E-state index contributed by atoms with van der Waals surface area (Å²) in [6.45, 7) is 9.79. The molecule has 55 heavy (non-hydrogen) atoms. The van der Waals surface area contributed by atoms with E-state index in [0.717, 1.165) is 61.1 Å². The van der Waals surface area contributed by atoms with Crippen LogP contribution in [0, 0.1) is 34.4 Å². The number of carbonyl (C=O) groups is 2. The lowest BCUT2D eigenvalue weighted by Crippen LogP contribution is -2.49. The number of aliphatic hydroxyl groups is 3. The largest absolute Gasteiger partial charge is 0.481 e. The number of ether oxygens (including phenoxy) is 2. The molecule has 14 heteroatoms. The normalized spacial score (nSPS) is 33.2. The Morgan fingerprint density at radius 3 is 2.45 bits per heavy atom. The van der Waals surface area contributed by atoms with E-state index in [1.807, 2.05) is 19.3 Å². The number of amides is 1. The number of carbonyl (C=O) groups excluding carboxylic acids is 1. The standard InChI is InChI=1S/C24H31NO.C15H22FN3O6.C2H4O2/c1-23-11-9-18(26)14-17(23)5-6-19-21-8-7-20(16-4-3-13-25-15-16)24(21,2)12-10-22(19)23;1-3-4-5-6-24-15(23)18-12-9(16)7-19(14(22)17-12)13-11(21)10(20)8(2)25-13;1-2(3)4/h3-5,7,13,15,18-19,21-22,26H,6,8-12,14H2,1-2H3;7-8,10-11,13,20-21H,3-6H2,1-2H3,(H,17,18,22,23);1H3,(H,3,4)/t18-,19-,21-,22-,23-,24+;8-,10-,11-,13-;/m01./s1. The number of hydrogen-bond acceptors (Lipinski definition) is 10. The summed E-state index contributed by atoms with van der Waals surface area (Å²) in [5.74, 6) is -0.0615. The number of aromatic nitrogens is 3. The number of carboxylic acid groups (broad SMARTS) is 1. The van der Waals surface area contributed by atoms with E-state index in [9.17, 15) is 29.3 Å². The van der Waals surface area contributed by atoms with Crippen LogP contribution in [0.5, 0.6) is 0 Å². The molecule has 302 valence electrons. The van der Waals surface area contributed by atoms with Gasteiger partial charge in [0.05, 0.1) is 25.0 Å². The number of allylic oxidation sites excluding steroid dienone is 3. The van der Waals surface area contributed by atoms with Crippen LogP contribution in [0.15, 0.2) is 53.2 Å². The second-order valence-electron chi connectivity index (χ2n) is 16.0. The first kappa shape index (κ1) is 42.2. The number of aliphatic hydroxyl groups excluding tert-OH is 3. The zero-order valence-electron chi connectivity index (χ0n) is 32.5. The van der Waals surface area contributed by atoms with Gasteiger partial charge in [-0.1, -0.05) is 57.4 Å². The summed E-state index contributed by atoms with van der Waals surface area (Å²) < 4.78 is 24.9. The molecule has 3 fully saturated rings. The van der Waals surface area contributed by atoms with Gasteiger partial charge < -0.3 is 29.9 Å². The van der Waals surface area contributed by atoms with Gasteiger partial charge in [0.25, 0.3) is 5.97 Å². The Morgan fingerprint density at radius 1 is 1.07 bits per heavy atom. The second kappa shape index (κ2) is 17.9. The van der Waals surface area contributed by atoms with Crippen molar-refractivity contribution in [2.75, 3.05) is 11.9 Å². The molecular weight excluding hydrogens is 711 g/mol. The SMILES string of the molecule is CC(=O)O.CCCCCOC(=O)Nc1nc(=O)n([C@@H]2O[C@H](C)[C@@H](O)[C@H]2O)cc1F.C[C@]12CC[C@H](O)CC1=CC[C@@H]1[C@@H]2CC[C@]2(C)C(c3cccnc3)=CC[C@@H]12.